The van der Waals surface area contributed by atoms with Gasteiger partial charge in [0.2, 0.25) is 0 Å². The van der Waals surface area contributed by atoms with E-state index in [2.05, 4.69) is 13.8 Å². The van der Waals surface area contributed by atoms with Crippen LogP contribution in [-0.4, -0.2) is 19.4 Å². The quantitative estimate of drug-likeness (QED) is 0.582. The van der Waals surface area contributed by atoms with Crippen LogP contribution >= 0.6 is 0 Å². The lowest BCUT2D eigenvalue weighted by Crippen LogP contribution is -2.23. The standard InChI is InChI=1S/C9H18FO/c1-4-6-7-8(10)9(5-2)11-3/h8-9H,2,4-7H2,1,3H3. The lowest BCUT2D eigenvalue weighted by Gasteiger charge is -2.17. The van der Waals surface area contributed by atoms with Crippen molar-refractivity contribution in [2.45, 2.75) is 44.9 Å². The van der Waals surface area contributed by atoms with Crippen molar-refractivity contribution in [3.05, 3.63) is 6.92 Å². The summed E-state index contributed by atoms with van der Waals surface area (Å²) in [7, 11) is 1.54. The van der Waals surface area contributed by atoms with Crippen molar-refractivity contribution in [2.75, 3.05) is 7.11 Å². The summed E-state index contributed by atoms with van der Waals surface area (Å²) < 4.78 is 18.0. The third-order valence-corrected chi connectivity index (χ3v) is 1.82. The van der Waals surface area contributed by atoms with Crippen molar-refractivity contribution in [1.82, 2.24) is 0 Å². The molecule has 0 heterocycles. The molecule has 0 rings (SSSR count). The first-order valence-corrected chi connectivity index (χ1v) is 4.22. The summed E-state index contributed by atoms with van der Waals surface area (Å²) in [5.74, 6) is 0. The highest BCUT2D eigenvalue weighted by Crippen LogP contribution is 2.13. The zero-order chi connectivity index (χ0) is 8.69. The highest BCUT2D eigenvalue weighted by atomic mass is 19.1. The minimum Gasteiger partial charge on any atom is -0.378 e. The fourth-order valence-electron chi connectivity index (χ4n) is 1.03. The minimum atomic E-state index is -0.836. The maximum absolute atomic E-state index is 13.1. The molecule has 2 heteroatoms. The molecule has 2 atom stereocenters. The van der Waals surface area contributed by atoms with Gasteiger partial charge in [0.15, 0.2) is 0 Å². The number of alkyl halides is 1. The van der Waals surface area contributed by atoms with Gasteiger partial charge in [-0.25, -0.2) is 4.39 Å². The Morgan fingerprint density at radius 2 is 2.18 bits per heavy atom. The van der Waals surface area contributed by atoms with E-state index in [1.165, 1.54) is 7.11 Å². The molecule has 1 nitrogen and oxygen atoms in total. The normalized spacial score (nSPS) is 16.4. The molecule has 11 heavy (non-hydrogen) atoms. The van der Waals surface area contributed by atoms with Crippen LogP contribution in [0.2, 0.25) is 0 Å². The van der Waals surface area contributed by atoms with Gasteiger partial charge in [-0.3, -0.25) is 0 Å². The molecule has 0 fully saturated rings. The first-order valence-electron chi connectivity index (χ1n) is 4.22. The number of hydrogen-bond acceptors (Lipinski definition) is 1. The van der Waals surface area contributed by atoms with Crippen molar-refractivity contribution >= 4 is 0 Å². The summed E-state index contributed by atoms with van der Waals surface area (Å²) in [5, 5.41) is 0. The Hall–Kier alpha value is -0.110. The smallest absolute Gasteiger partial charge is 0.126 e. The van der Waals surface area contributed by atoms with Crippen LogP contribution in [0.1, 0.15) is 32.6 Å². The van der Waals surface area contributed by atoms with Gasteiger partial charge in [-0.1, -0.05) is 26.7 Å². The van der Waals surface area contributed by atoms with Crippen LogP contribution in [0.3, 0.4) is 0 Å². The van der Waals surface area contributed by atoms with E-state index < -0.39 is 6.17 Å². The second-order valence-corrected chi connectivity index (χ2v) is 2.72. The molecule has 0 N–H and O–H groups in total. The van der Waals surface area contributed by atoms with E-state index in [0.717, 1.165) is 12.8 Å². The molecule has 0 amide bonds. The second-order valence-electron chi connectivity index (χ2n) is 2.72. The number of unbranched alkanes of at least 4 members (excludes halogenated alkanes) is 1. The van der Waals surface area contributed by atoms with Crippen LogP contribution in [0.5, 0.6) is 0 Å². The van der Waals surface area contributed by atoms with Crippen molar-refractivity contribution < 1.29 is 9.13 Å². The molecular weight excluding hydrogens is 143 g/mol. The number of hydrogen-bond donors (Lipinski definition) is 0. The second kappa shape index (κ2) is 6.59. The average molecular weight is 161 g/mol. The third kappa shape index (κ3) is 4.35. The molecule has 0 aromatic carbocycles. The zero-order valence-electron chi connectivity index (χ0n) is 7.48. The summed E-state index contributed by atoms with van der Waals surface area (Å²) in [4.78, 5) is 0. The third-order valence-electron chi connectivity index (χ3n) is 1.82. The molecule has 0 bridgehead atoms. The molecule has 67 valence electrons. The lowest BCUT2D eigenvalue weighted by atomic mass is 10.1. The van der Waals surface area contributed by atoms with Crippen LogP contribution in [0.15, 0.2) is 0 Å². The molecule has 0 aromatic rings. The Balaban J connectivity index is 3.51. The van der Waals surface area contributed by atoms with E-state index in [4.69, 9.17) is 4.74 Å². The van der Waals surface area contributed by atoms with E-state index in [1.807, 2.05) is 0 Å². The van der Waals surface area contributed by atoms with Crippen molar-refractivity contribution in [3.8, 4) is 0 Å². The van der Waals surface area contributed by atoms with Crippen LogP contribution in [0, 0.1) is 6.92 Å². The Bertz CT molecular complexity index is 81.6. The van der Waals surface area contributed by atoms with Crippen molar-refractivity contribution in [1.29, 1.82) is 0 Å². The molecule has 1 radical (unpaired) electrons. The topological polar surface area (TPSA) is 9.23 Å². The van der Waals surface area contributed by atoms with Gasteiger partial charge < -0.3 is 4.74 Å². The molecule has 0 saturated heterocycles. The Kier molecular flexibility index (Phi) is 6.52. The van der Waals surface area contributed by atoms with Crippen LogP contribution in [-0.2, 0) is 4.74 Å². The number of rotatable bonds is 6. The summed E-state index contributed by atoms with van der Waals surface area (Å²) in [6.07, 6.45) is 1.94. The monoisotopic (exact) mass is 161 g/mol. The van der Waals surface area contributed by atoms with Crippen LogP contribution < -0.4 is 0 Å². The zero-order valence-corrected chi connectivity index (χ0v) is 7.48. The summed E-state index contributed by atoms with van der Waals surface area (Å²) in [6, 6.07) is 0. The first kappa shape index (κ1) is 10.9. The van der Waals surface area contributed by atoms with Crippen LogP contribution in [0.4, 0.5) is 4.39 Å². The minimum absolute atomic E-state index is 0.304. The van der Waals surface area contributed by atoms with Gasteiger partial charge in [-0.15, -0.1) is 0 Å². The molecule has 0 spiro atoms. The van der Waals surface area contributed by atoms with Crippen molar-refractivity contribution in [2.24, 2.45) is 0 Å². The van der Waals surface area contributed by atoms with E-state index >= 15 is 0 Å². The van der Waals surface area contributed by atoms with Gasteiger partial charge in [0.25, 0.3) is 0 Å². The largest absolute Gasteiger partial charge is 0.378 e. The Morgan fingerprint density at radius 1 is 1.55 bits per heavy atom. The van der Waals surface area contributed by atoms with E-state index in [1.54, 1.807) is 0 Å². The fraction of sp³-hybridized carbons (Fsp3) is 0.889. The maximum atomic E-state index is 13.1. The maximum Gasteiger partial charge on any atom is 0.126 e. The SMILES string of the molecule is [CH2]CC(OC)C(F)CCCC. The molecule has 2 unspecified atom stereocenters. The highest BCUT2D eigenvalue weighted by molar-refractivity contribution is 4.69. The van der Waals surface area contributed by atoms with Gasteiger partial charge in [0.05, 0.1) is 6.10 Å². The van der Waals surface area contributed by atoms with E-state index in [9.17, 15) is 4.39 Å². The van der Waals surface area contributed by atoms with Gasteiger partial charge in [-0.05, 0) is 12.8 Å². The molecule has 0 aliphatic heterocycles. The predicted octanol–water partition coefficient (Wildman–Crippen LogP) is 2.75. The van der Waals surface area contributed by atoms with E-state index in [-0.39, 0.29) is 6.10 Å². The number of halogens is 1. The number of ether oxygens (including phenoxy) is 1. The first-order chi connectivity index (χ1) is 5.26. The summed E-state index contributed by atoms with van der Waals surface area (Å²) in [6.45, 7) is 5.68. The van der Waals surface area contributed by atoms with Crippen LogP contribution in [0.25, 0.3) is 0 Å². The molecule has 0 aliphatic carbocycles. The van der Waals surface area contributed by atoms with Gasteiger partial charge in [0.1, 0.15) is 6.17 Å². The molecular formula is C9H18FO. The lowest BCUT2D eigenvalue weighted by molar-refractivity contribution is 0.0297. The summed E-state index contributed by atoms with van der Waals surface area (Å²) in [5.41, 5.74) is 0. The van der Waals surface area contributed by atoms with Gasteiger partial charge in [-0.2, -0.15) is 0 Å². The number of methoxy groups -OCH3 is 1. The van der Waals surface area contributed by atoms with E-state index in [0.29, 0.717) is 12.8 Å². The van der Waals surface area contributed by atoms with Gasteiger partial charge >= 0.3 is 0 Å². The molecule has 0 aromatic heterocycles. The van der Waals surface area contributed by atoms with Crippen molar-refractivity contribution in [3.63, 3.8) is 0 Å². The molecule has 0 aliphatic rings. The Morgan fingerprint density at radius 3 is 2.55 bits per heavy atom. The molecule has 0 saturated carbocycles. The summed E-state index contributed by atoms with van der Waals surface area (Å²) >= 11 is 0. The average Bonchev–Trinajstić information content (AvgIpc) is 2.03. The van der Waals surface area contributed by atoms with Gasteiger partial charge in [0, 0.05) is 7.11 Å². The fourth-order valence-corrected chi connectivity index (χ4v) is 1.03. The highest BCUT2D eigenvalue weighted by Gasteiger charge is 2.17. The Labute approximate surface area is 68.9 Å². The predicted molar refractivity (Wildman–Crippen MR) is 45.2 cm³/mol.